The van der Waals surface area contributed by atoms with Crippen molar-refractivity contribution in [3.05, 3.63) is 29.6 Å². The van der Waals surface area contributed by atoms with Crippen molar-refractivity contribution in [3.8, 4) is 5.75 Å². The largest absolute Gasteiger partial charge is 0.487 e. The Bertz CT molecular complexity index is 425. The van der Waals surface area contributed by atoms with Gasteiger partial charge in [0.15, 0.2) is 11.6 Å². The molecule has 3 rings (SSSR count). The van der Waals surface area contributed by atoms with Gasteiger partial charge in [0.2, 0.25) is 0 Å². The Kier molecular flexibility index (Phi) is 6.50. The Morgan fingerprint density at radius 3 is 2.52 bits per heavy atom. The zero-order chi connectivity index (χ0) is 15.1. The standard InChI is InChI=1S/C16H22FNO.C2H6/c17-15-12-13(4-3-11-18-9-1-2-10-18)5-8-16(15)19-14-6-7-14;1-2/h5,8,12,14H,1-4,6-7,9-11H2;1-2H3. The van der Waals surface area contributed by atoms with Crippen molar-refractivity contribution in [1.82, 2.24) is 4.90 Å². The van der Waals surface area contributed by atoms with Crippen LogP contribution in [0, 0.1) is 5.82 Å². The highest BCUT2D eigenvalue weighted by Gasteiger charge is 2.24. The summed E-state index contributed by atoms with van der Waals surface area (Å²) >= 11 is 0. The number of hydrogen-bond donors (Lipinski definition) is 0. The van der Waals surface area contributed by atoms with E-state index in [4.69, 9.17) is 4.74 Å². The molecule has 1 saturated heterocycles. The third-order valence-corrected chi connectivity index (χ3v) is 3.95. The lowest BCUT2D eigenvalue weighted by molar-refractivity contribution is 0.287. The topological polar surface area (TPSA) is 12.5 Å². The van der Waals surface area contributed by atoms with Gasteiger partial charge < -0.3 is 9.64 Å². The monoisotopic (exact) mass is 293 g/mol. The molecular formula is C18H28FNO. The lowest BCUT2D eigenvalue weighted by atomic mass is 10.1. The Morgan fingerprint density at radius 2 is 1.90 bits per heavy atom. The van der Waals surface area contributed by atoms with E-state index in [1.54, 1.807) is 12.1 Å². The van der Waals surface area contributed by atoms with E-state index in [-0.39, 0.29) is 11.9 Å². The molecule has 0 aromatic heterocycles. The smallest absolute Gasteiger partial charge is 0.165 e. The molecule has 0 radical (unpaired) electrons. The second-order valence-electron chi connectivity index (χ2n) is 5.73. The molecule has 1 aliphatic heterocycles. The van der Waals surface area contributed by atoms with Gasteiger partial charge in [-0.1, -0.05) is 19.9 Å². The van der Waals surface area contributed by atoms with Crippen molar-refractivity contribution < 1.29 is 9.13 Å². The van der Waals surface area contributed by atoms with Crippen LogP contribution in [-0.2, 0) is 6.42 Å². The van der Waals surface area contributed by atoms with Crippen LogP contribution < -0.4 is 4.74 Å². The number of benzene rings is 1. The summed E-state index contributed by atoms with van der Waals surface area (Å²) in [6.45, 7) is 7.62. The molecule has 21 heavy (non-hydrogen) atoms. The summed E-state index contributed by atoms with van der Waals surface area (Å²) in [4.78, 5) is 2.50. The maximum Gasteiger partial charge on any atom is 0.165 e. The van der Waals surface area contributed by atoms with Crippen LogP contribution >= 0.6 is 0 Å². The molecule has 3 heteroatoms. The third kappa shape index (κ3) is 5.31. The molecule has 2 fully saturated rings. The molecule has 118 valence electrons. The number of halogens is 1. The molecule has 2 nitrogen and oxygen atoms in total. The first-order valence-electron chi connectivity index (χ1n) is 8.49. The molecule has 0 unspecified atom stereocenters. The zero-order valence-corrected chi connectivity index (χ0v) is 13.4. The molecular weight excluding hydrogens is 265 g/mol. The summed E-state index contributed by atoms with van der Waals surface area (Å²) < 4.78 is 19.3. The third-order valence-electron chi connectivity index (χ3n) is 3.95. The lowest BCUT2D eigenvalue weighted by Crippen LogP contribution is -2.20. The van der Waals surface area contributed by atoms with Gasteiger partial charge in [0.05, 0.1) is 6.10 Å². The van der Waals surface area contributed by atoms with Crippen LogP contribution in [0.15, 0.2) is 18.2 Å². The molecule has 0 atom stereocenters. The van der Waals surface area contributed by atoms with Gasteiger partial charge >= 0.3 is 0 Å². The fourth-order valence-corrected chi connectivity index (χ4v) is 2.67. The molecule has 0 N–H and O–H groups in total. The summed E-state index contributed by atoms with van der Waals surface area (Å²) in [7, 11) is 0. The first-order chi connectivity index (χ1) is 10.3. The number of likely N-dealkylation sites (tertiary alicyclic amines) is 1. The van der Waals surface area contributed by atoms with Gasteiger partial charge in [0.1, 0.15) is 0 Å². The van der Waals surface area contributed by atoms with Gasteiger partial charge in [-0.15, -0.1) is 0 Å². The highest BCUT2D eigenvalue weighted by molar-refractivity contribution is 5.30. The van der Waals surface area contributed by atoms with Crippen LogP contribution in [0.4, 0.5) is 4.39 Å². The second-order valence-corrected chi connectivity index (χ2v) is 5.73. The SMILES string of the molecule is CC.Fc1cc(CCCN2CCCC2)ccc1OC1CC1. The molecule has 1 aliphatic carbocycles. The number of hydrogen-bond acceptors (Lipinski definition) is 2. The van der Waals surface area contributed by atoms with Gasteiger partial charge in [-0.3, -0.25) is 0 Å². The van der Waals surface area contributed by atoms with Crippen molar-refractivity contribution >= 4 is 0 Å². The quantitative estimate of drug-likeness (QED) is 0.769. The van der Waals surface area contributed by atoms with Crippen LogP contribution in [0.1, 0.15) is 51.5 Å². The lowest BCUT2D eigenvalue weighted by Gasteiger charge is -2.14. The van der Waals surface area contributed by atoms with Gasteiger partial charge in [0.25, 0.3) is 0 Å². The highest BCUT2D eigenvalue weighted by atomic mass is 19.1. The first kappa shape index (κ1) is 16.3. The first-order valence-corrected chi connectivity index (χ1v) is 8.49. The van der Waals surface area contributed by atoms with Crippen LogP contribution in [0.25, 0.3) is 0 Å². The Morgan fingerprint density at radius 1 is 1.19 bits per heavy atom. The number of rotatable bonds is 6. The van der Waals surface area contributed by atoms with Crippen molar-refractivity contribution in [2.45, 2.75) is 58.5 Å². The second kappa shape index (κ2) is 8.38. The maximum atomic E-state index is 13.8. The normalized spacial score (nSPS) is 18.2. The van der Waals surface area contributed by atoms with E-state index < -0.39 is 0 Å². The van der Waals surface area contributed by atoms with Gasteiger partial charge in [-0.2, -0.15) is 0 Å². The average Bonchev–Trinajstić information content (AvgIpc) is 3.17. The van der Waals surface area contributed by atoms with E-state index in [2.05, 4.69) is 4.90 Å². The summed E-state index contributed by atoms with van der Waals surface area (Å²) in [5, 5.41) is 0. The van der Waals surface area contributed by atoms with Gasteiger partial charge in [0, 0.05) is 0 Å². The number of ether oxygens (including phenoxy) is 1. The van der Waals surface area contributed by atoms with E-state index >= 15 is 0 Å². The van der Waals surface area contributed by atoms with Crippen LogP contribution in [-0.4, -0.2) is 30.6 Å². The fourth-order valence-electron chi connectivity index (χ4n) is 2.67. The predicted octanol–water partition coefficient (Wildman–Crippen LogP) is 4.42. The minimum atomic E-state index is -0.203. The molecule has 0 spiro atoms. The highest BCUT2D eigenvalue weighted by Crippen LogP contribution is 2.29. The molecule has 1 aromatic carbocycles. The van der Waals surface area contributed by atoms with Crippen LogP contribution in [0.3, 0.4) is 0 Å². The van der Waals surface area contributed by atoms with Crippen LogP contribution in [0.2, 0.25) is 0 Å². The molecule has 0 bridgehead atoms. The summed E-state index contributed by atoms with van der Waals surface area (Å²) in [6, 6.07) is 5.44. The van der Waals surface area contributed by atoms with Crippen molar-refractivity contribution in [2.24, 2.45) is 0 Å². The minimum absolute atomic E-state index is 0.203. The number of nitrogens with zero attached hydrogens (tertiary/aromatic N) is 1. The molecule has 1 heterocycles. The van der Waals surface area contributed by atoms with Crippen molar-refractivity contribution in [1.29, 1.82) is 0 Å². The molecule has 0 amide bonds. The average molecular weight is 293 g/mol. The van der Waals surface area contributed by atoms with E-state index in [0.29, 0.717) is 5.75 Å². The summed E-state index contributed by atoms with van der Waals surface area (Å²) in [5.41, 5.74) is 1.08. The predicted molar refractivity (Wildman–Crippen MR) is 85.4 cm³/mol. The molecule has 2 aliphatic rings. The van der Waals surface area contributed by atoms with Crippen molar-refractivity contribution in [2.75, 3.05) is 19.6 Å². The molecule has 1 saturated carbocycles. The zero-order valence-electron chi connectivity index (χ0n) is 13.4. The van der Waals surface area contributed by atoms with E-state index in [1.807, 2.05) is 19.9 Å². The minimum Gasteiger partial charge on any atom is -0.487 e. The van der Waals surface area contributed by atoms with E-state index in [1.165, 1.54) is 25.9 Å². The van der Waals surface area contributed by atoms with E-state index in [0.717, 1.165) is 37.8 Å². The molecule has 1 aromatic rings. The summed E-state index contributed by atoms with van der Waals surface area (Å²) in [6.07, 6.45) is 7.13. The maximum absolute atomic E-state index is 13.8. The Hall–Kier alpha value is -1.09. The Balaban J connectivity index is 0.000000774. The fraction of sp³-hybridized carbons (Fsp3) is 0.667. The van der Waals surface area contributed by atoms with E-state index in [9.17, 15) is 4.39 Å². The van der Waals surface area contributed by atoms with Gasteiger partial charge in [-0.25, -0.2) is 4.39 Å². The van der Waals surface area contributed by atoms with Crippen molar-refractivity contribution in [3.63, 3.8) is 0 Å². The Labute approximate surface area is 128 Å². The van der Waals surface area contributed by atoms with Crippen LogP contribution in [0.5, 0.6) is 5.75 Å². The van der Waals surface area contributed by atoms with Gasteiger partial charge in [-0.05, 0) is 75.9 Å². The summed E-state index contributed by atoms with van der Waals surface area (Å²) in [5.74, 6) is 0.219. The number of aryl methyl sites for hydroxylation is 1.